The number of pyridine rings is 1. The van der Waals surface area contributed by atoms with Crippen molar-refractivity contribution in [2.75, 3.05) is 5.32 Å². The highest BCUT2D eigenvalue weighted by atomic mass is 32.1. The Hall–Kier alpha value is -2.21. The van der Waals surface area contributed by atoms with E-state index in [1.807, 2.05) is 17.5 Å². The monoisotopic (exact) mass is 289 g/mol. The lowest BCUT2D eigenvalue weighted by molar-refractivity contribution is -0.120. The van der Waals surface area contributed by atoms with Crippen molar-refractivity contribution in [2.24, 2.45) is 0 Å². The molecule has 0 saturated heterocycles. The lowest BCUT2D eigenvalue weighted by Gasteiger charge is -2.16. The summed E-state index contributed by atoms with van der Waals surface area (Å²) in [4.78, 5) is 28.1. The number of aromatic nitrogens is 1. The van der Waals surface area contributed by atoms with Gasteiger partial charge in [-0.15, -0.1) is 11.3 Å². The quantitative estimate of drug-likeness (QED) is 0.887. The van der Waals surface area contributed by atoms with Crippen molar-refractivity contribution in [1.82, 2.24) is 10.3 Å². The molecule has 6 heteroatoms. The second-order valence-corrected chi connectivity index (χ2v) is 5.24. The van der Waals surface area contributed by atoms with E-state index >= 15 is 0 Å². The van der Waals surface area contributed by atoms with E-state index in [4.69, 9.17) is 0 Å². The van der Waals surface area contributed by atoms with Crippen LogP contribution in [0.25, 0.3) is 0 Å². The van der Waals surface area contributed by atoms with Crippen LogP contribution in [-0.4, -0.2) is 16.8 Å². The first kappa shape index (κ1) is 14.2. The number of carbonyl (C=O) groups is 2. The summed E-state index contributed by atoms with van der Waals surface area (Å²) >= 11 is 1.51. The molecular formula is C14H15N3O2S. The third-order valence-electron chi connectivity index (χ3n) is 2.60. The van der Waals surface area contributed by atoms with Crippen LogP contribution in [0.1, 0.15) is 24.3 Å². The van der Waals surface area contributed by atoms with Crippen molar-refractivity contribution in [3.05, 3.63) is 46.9 Å². The molecule has 0 saturated carbocycles. The van der Waals surface area contributed by atoms with Crippen molar-refractivity contribution in [3.8, 4) is 0 Å². The molecule has 0 fully saturated rings. The van der Waals surface area contributed by atoms with Crippen molar-refractivity contribution >= 4 is 28.8 Å². The number of rotatable bonds is 5. The van der Waals surface area contributed by atoms with E-state index in [1.165, 1.54) is 18.3 Å². The minimum absolute atomic E-state index is 0.155. The summed E-state index contributed by atoms with van der Waals surface area (Å²) in [6.45, 7) is 1.44. The van der Waals surface area contributed by atoms with Crippen molar-refractivity contribution in [2.45, 2.75) is 19.4 Å². The Morgan fingerprint density at radius 2 is 2.20 bits per heavy atom. The molecule has 0 spiro atoms. The van der Waals surface area contributed by atoms with Gasteiger partial charge in [-0.05, 0) is 23.6 Å². The predicted molar refractivity (Wildman–Crippen MR) is 78.4 cm³/mol. The van der Waals surface area contributed by atoms with Crippen LogP contribution in [0.2, 0.25) is 0 Å². The van der Waals surface area contributed by atoms with Crippen LogP contribution in [0.3, 0.4) is 0 Å². The largest absolute Gasteiger partial charge is 0.348 e. The summed E-state index contributed by atoms with van der Waals surface area (Å²) in [5.74, 6) is -0.317. The number of hydrogen-bond donors (Lipinski definition) is 2. The minimum Gasteiger partial charge on any atom is -0.348 e. The van der Waals surface area contributed by atoms with Gasteiger partial charge in [-0.25, -0.2) is 0 Å². The normalized spacial score (nSPS) is 11.7. The molecule has 2 N–H and O–H groups in total. The fraction of sp³-hybridized carbons (Fsp3) is 0.214. The summed E-state index contributed by atoms with van der Waals surface area (Å²) in [5, 5.41) is 7.47. The van der Waals surface area contributed by atoms with Crippen LogP contribution < -0.4 is 10.6 Å². The van der Waals surface area contributed by atoms with Gasteiger partial charge in [0.15, 0.2) is 0 Å². The molecule has 2 amide bonds. The van der Waals surface area contributed by atoms with Gasteiger partial charge in [-0.1, -0.05) is 6.07 Å². The Bertz CT molecular complexity index is 569. The molecule has 104 valence electrons. The van der Waals surface area contributed by atoms with Gasteiger partial charge in [0.05, 0.1) is 24.3 Å². The molecular weight excluding hydrogens is 274 g/mol. The molecule has 1 atom stereocenters. The Morgan fingerprint density at radius 1 is 1.35 bits per heavy atom. The van der Waals surface area contributed by atoms with E-state index in [-0.39, 0.29) is 24.3 Å². The predicted octanol–water partition coefficient (Wildman–Crippen LogP) is 2.35. The number of amides is 2. The smallest absolute Gasteiger partial charge is 0.226 e. The van der Waals surface area contributed by atoms with E-state index in [9.17, 15) is 9.59 Å². The lowest BCUT2D eigenvalue weighted by Crippen LogP contribution is -2.29. The van der Waals surface area contributed by atoms with Crippen LogP contribution in [0.15, 0.2) is 42.0 Å². The van der Waals surface area contributed by atoms with Crippen LogP contribution in [0, 0.1) is 0 Å². The van der Waals surface area contributed by atoms with E-state index < -0.39 is 0 Å². The van der Waals surface area contributed by atoms with Gasteiger partial charge in [0.25, 0.3) is 0 Å². The van der Waals surface area contributed by atoms with Crippen molar-refractivity contribution < 1.29 is 9.59 Å². The second kappa shape index (κ2) is 6.81. The fourth-order valence-corrected chi connectivity index (χ4v) is 2.57. The maximum absolute atomic E-state index is 12.0. The van der Waals surface area contributed by atoms with Gasteiger partial charge in [0.1, 0.15) is 0 Å². The van der Waals surface area contributed by atoms with Crippen molar-refractivity contribution in [1.29, 1.82) is 0 Å². The molecule has 20 heavy (non-hydrogen) atoms. The SMILES string of the molecule is CC(=O)N[C@@H](CC(=O)Nc1cccnc1)c1cccs1. The number of nitrogens with zero attached hydrogens (tertiary/aromatic N) is 1. The summed E-state index contributed by atoms with van der Waals surface area (Å²) in [6.07, 6.45) is 3.41. The van der Waals surface area contributed by atoms with E-state index in [0.717, 1.165) is 4.88 Å². The Morgan fingerprint density at radius 3 is 2.80 bits per heavy atom. The zero-order chi connectivity index (χ0) is 14.4. The first-order valence-corrected chi connectivity index (χ1v) is 7.03. The molecule has 0 radical (unpaired) electrons. The number of carbonyl (C=O) groups excluding carboxylic acids is 2. The Balaban J connectivity index is 2.00. The van der Waals surface area contributed by atoms with Gasteiger partial charge < -0.3 is 10.6 Å². The molecule has 2 rings (SSSR count). The van der Waals surface area contributed by atoms with Gasteiger partial charge >= 0.3 is 0 Å². The fourth-order valence-electron chi connectivity index (χ4n) is 1.79. The highest BCUT2D eigenvalue weighted by Gasteiger charge is 2.18. The standard InChI is InChI=1S/C14H15N3O2S/c1-10(18)16-12(13-5-3-7-20-13)8-14(19)17-11-4-2-6-15-9-11/h2-7,9,12H,8H2,1H3,(H,16,18)(H,17,19)/t12-/m0/s1. The molecule has 5 nitrogen and oxygen atoms in total. The van der Waals surface area contributed by atoms with Gasteiger partial charge in [0, 0.05) is 18.0 Å². The van der Waals surface area contributed by atoms with E-state index in [2.05, 4.69) is 15.6 Å². The minimum atomic E-state index is -0.302. The molecule has 0 unspecified atom stereocenters. The van der Waals surface area contributed by atoms with Crippen LogP contribution >= 0.6 is 11.3 Å². The Labute approximate surface area is 121 Å². The summed E-state index contributed by atoms with van der Waals surface area (Å²) < 4.78 is 0. The molecule has 2 aromatic heterocycles. The molecule has 0 aromatic carbocycles. The molecule has 0 aliphatic carbocycles. The van der Waals surface area contributed by atoms with Crippen LogP contribution in [0.4, 0.5) is 5.69 Å². The third-order valence-corrected chi connectivity index (χ3v) is 3.58. The Kier molecular flexibility index (Phi) is 4.84. The zero-order valence-corrected chi connectivity index (χ0v) is 11.8. The van der Waals surface area contributed by atoms with E-state index in [0.29, 0.717) is 5.69 Å². The third kappa shape index (κ3) is 4.17. The van der Waals surface area contributed by atoms with Gasteiger partial charge in [-0.3, -0.25) is 14.6 Å². The molecule has 0 aliphatic heterocycles. The maximum atomic E-state index is 12.0. The highest BCUT2D eigenvalue weighted by molar-refractivity contribution is 7.10. The maximum Gasteiger partial charge on any atom is 0.226 e. The average molecular weight is 289 g/mol. The number of hydrogen-bond acceptors (Lipinski definition) is 4. The highest BCUT2D eigenvalue weighted by Crippen LogP contribution is 2.22. The number of anilines is 1. The van der Waals surface area contributed by atoms with Crippen LogP contribution in [-0.2, 0) is 9.59 Å². The second-order valence-electron chi connectivity index (χ2n) is 4.26. The zero-order valence-electron chi connectivity index (χ0n) is 11.0. The van der Waals surface area contributed by atoms with Crippen LogP contribution in [0.5, 0.6) is 0 Å². The number of nitrogens with one attached hydrogen (secondary N) is 2. The molecule has 0 aliphatic rings. The number of thiophene rings is 1. The van der Waals surface area contributed by atoms with Crippen molar-refractivity contribution in [3.63, 3.8) is 0 Å². The topological polar surface area (TPSA) is 71.1 Å². The van der Waals surface area contributed by atoms with Gasteiger partial charge in [-0.2, -0.15) is 0 Å². The summed E-state index contributed by atoms with van der Waals surface area (Å²) in [7, 11) is 0. The first-order chi connectivity index (χ1) is 9.65. The summed E-state index contributed by atoms with van der Waals surface area (Å²) in [6, 6.07) is 7.02. The average Bonchev–Trinajstić information content (AvgIpc) is 2.92. The molecule has 2 aromatic rings. The lowest BCUT2D eigenvalue weighted by atomic mass is 10.1. The molecule has 2 heterocycles. The molecule has 0 bridgehead atoms. The van der Waals surface area contributed by atoms with Gasteiger partial charge in [0.2, 0.25) is 11.8 Å². The summed E-state index contributed by atoms with van der Waals surface area (Å²) in [5.41, 5.74) is 0.644. The van der Waals surface area contributed by atoms with E-state index in [1.54, 1.807) is 24.5 Å². The first-order valence-electron chi connectivity index (χ1n) is 6.15.